The SMILES string of the molecule is C/C(Cl)=C\NCO. The number of halogens is 1. The van der Waals surface area contributed by atoms with Gasteiger partial charge in [0.1, 0.15) is 6.73 Å². The Morgan fingerprint density at radius 3 is 2.71 bits per heavy atom. The molecule has 0 spiro atoms. The van der Waals surface area contributed by atoms with Crippen molar-refractivity contribution in [3.05, 3.63) is 11.2 Å². The summed E-state index contributed by atoms with van der Waals surface area (Å²) in [6, 6.07) is 0. The molecule has 2 N–H and O–H groups in total. The van der Waals surface area contributed by atoms with Gasteiger partial charge in [0, 0.05) is 11.2 Å². The standard InChI is InChI=1S/C4H8ClNO/c1-4(5)2-6-3-7/h2,6-7H,3H2,1H3/b4-2+. The van der Waals surface area contributed by atoms with E-state index in [0.717, 1.165) is 0 Å². The summed E-state index contributed by atoms with van der Waals surface area (Å²) >= 11 is 5.34. The zero-order valence-electron chi connectivity index (χ0n) is 4.11. The second kappa shape index (κ2) is 3.96. The van der Waals surface area contributed by atoms with Crippen LogP contribution < -0.4 is 5.32 Å². The minimum absolute atomic E-state index is 0.0654. The number of aliphatic hydroxyl groups is 1. The highest BCUT2D eigenvalue weighted by atomic mass is 35.5. The van der Waals surface area contributed by atoms with Gasteiger partial charge < -0.3 is 10.4 Å². The van der Waals surface area contributed by atoms with Gasteiger partial charge in [0.25, 0.3) is 0 Å². The van der Waals surface area contributed by atoms with E-state index in [0.29, 0.717) is 5.03 Å². The van der Waals surface area contributed by atoms with Crippen LogP contribution in [0.5, 0.6) is 0 Å². The van der Waals surface area contributed by atoms with Crippen LogP contribution in [0.2, 0.25) is 0 Å². The Labute approximate surface area is 47.8 Å². The molecule has 0 aromatic rings. The van der Waals surface area contributed by atoms with Gasteiger partial charge in [0.05, 0.1) is 0 Å². The molecule has 0 aromatic carbocycles. The van der Waals surface area contributed by atoms with E-state index in [1.165, 1.54) is 6.20 Å². The monoisotopic (exact) mass is 121 g/mol. The van der Waals surface area contributed by atoms with Crippen molar-refractivity contribution in [1.29, 1.82) is 0 Å². The Morgan fingerprint density at radius 1 is 2.00 bits per heavy atom. The quantitative estimate of drug-likeness (QED) is 0.525. The highest BCUT2D eigenvalue weighted by molar-refractivity contribution is 6.29. The van der Waals surface area contributed by atoms with Gasteiger partial charge in [-0.25, -0.2) is 0 Å². The van der Waals surface area contributed by atoms with Gasteiger partial charge in [-0.15, -0.1) is 0 Å². The molecule has 0 aliphatic heterocycles. The maximum atomic E-state index is 8.10. The molecule has 0 atom stereocenters. The van der Waals surface area contributed by atoms with Crippen LogP contribution in [0.1, 0.15) is 6.92 Å². The summed E-state index contributed by atoms with van der Waals surface area (Å²) in [5.41, 5.74) is 0. The second-order valence-electron chi connectivity index (χ2n) is 1.09. The summed E-state index contributed by atoms with van der Waals surface area (Å²) < 4.78 is 0. The van der Waals surface area contributed by atoms with Crippen molar-refractivity contribution in [2.75, 3.05) is 6.73 Å². The Bertz CT molecular complexity index is 68.1. The molecule has 0 aromatic heterocycles. The average Bonchev–Trinajstić information content (AvgIpc) is 1.61. The smallest absolute Gasteiger partial charge is 0.112 e. The van der Waals surface area contributed by atoms with Crippen LogP contribution in [0.25, 0.3) is 0 Å². The third kappa shape index (κ3) is 5.79. The predicted octanol–water partition coefficient (Wildman–Crippen LogP) is 0.626. The van der Waals surface area contributed by atoms with Crippen LogP contribution >= 0.6 is 11.6 Å². The Balaban J connectivity index is 3.08. The van der Waals surface area contributed by atoms with E-state index < -0.39 is 0 Å². The molecule has 0 heterocycles. The van der Waals surface area contributed by atoms with Crippen molar-refractivity contribution in [3.63, 3.8) is 0 Å². The molecule has 0 bridgehead atoms. The molecule has 3 heteroatoms. The van der Waals surface area contributed by atoms with Crippen molar-refractivity contribution in [3.8, 4) is 0 Å². The number of aliphatic hydroxyl groups excluding tert-OH is 1. The Morgan fingerprint density at radius 2 is 2.57 bits per heavy atom. The molecular weight excluding hydrogens is 114 g/mol. The maximum absolute atomic E-state index is 8.10. The van der Waals surface area contributed by atoms with Gasteiger partial charge in [0.2, 0.25) is 0 Å². The van der Waals surface area contributed by atoms with Crippen LogP contribution in [0.4, 0.5) is 0 Å². The highest BCUT2D eigenvalue weighted by Gasteiger charge is 1.73. The van der Waals surface area contributed by atoms with Crippen molar-refractivity contribution >= 4 is 11.6 Å². The topological polar surface area (TPSA) is 32.3 Å². The number of allylic oxidation sites excluding steroid dienone is 1. The molecule has 0 rings (SSSR count). The third-order valence-electron chi connectivity index (χ3n) is 0.392. The van der Waals surface area contributed by atoms with E-state index in [-0.39, 0.29) is 6.73 Å². The molecule has 2 nitrogen and oxygen atoms in total. The lowest BCUT2D eigenvalue weighted by atomic mass is 10.7. The predicted molar refractivity (Wildman–Crippen MR) is 29.8 cm³/mol. The molecule has 0 aliphatic rings. The maximum Gasteiger partial charge on any atom is 0.112 e. The Kier molecular flexibility index (Phi) is 3.84. The lowest BCUT2D eigenvalue weighted by molar-refractivity contribution is 0.279. The lowest BCUT2D eigenvalue weighted by Crippen LogP contribution is -2.04. The largest absolute Gasteiger partial charge is 0.377 e. The number of rotatable bonds is 2. The fourth-order valence-corrected chi connectivity index (χ4v) is 0.263. The van der Waals surface area contributed by atoms with Gasteiger partial charge in [0.15, 0.2) is 0 Å². The van der Waals surface area contributed by atoms with Crippen LogP contribution in [0.15, 0.2) is 11.2 Å². The second-order valence-corrected chi connectivity index (χ2v) is 1.69. The number of hydrogen-bond donors (Lipinski definition) is 2. The molecule has 0 saturated carbocycles. The molecular formula is C4H8ClNO. The average molecular weight is 122 g/mol. The fraction of sp³-hybridized carbons (Fsp3) is 0.500. The zero-order chi connectivity index (χ0) is 5.70. The van der Waals surface area contributed by atoms with E-state index in [2.05, 4.69) is 5.32 Å². The molecule has 7 heavy (non-hydrogen) atoms. The van der Waals surface area contributed by atoms with Gasteiger partial charge in [-0.2, -0.15) is 0 Å². The summed E-state index contributed by atoms with van der Waals surface area (Å²) in [5, 5.41) is 11.2. The molecule has 42 valence electrons. The summed E-state index contributed by atoms with van der Waals surface area (Å²) in [7, 11) is 0. The minimum Gasteiger partial charge on any atom is -0.377 e. The van der Waals surface area contributed by atoms with Crippen molar-refractivity contribution in [2.24, 2.45) is 0 Å². The first-order valence-electron chi connectivity index (χ1n) is 1.94. The fourth-order valence-electron chi connectivity index (χ4n) is 0.186. The van der Waals surface area contributed by atoms with Gasteiger partial charge >= 0.3 is 0 Å². The molecule has 0 unspecified atom stereocenters. The van der Waals surface area contributed by atoms with Crippen LogP contribution in [0.3, 0.4) is 0 Å². The summed E-state index contributed by atoms with van der Waals surface area (Å²) in [4.78, 5) is 0. The molecule has 0 radical (unpaired) electrons. The number of hydrogen-bond acceptors (Lipinski definition) is 2. The molecule has 0 fully saturated rings. The summed E-state index contributed by atoms with van der Waals surface area (Å²) in [6.07, 6.45) is 1.53. The first-order valence-corrected chi connectivity index (χ1v) is 2.31. The number of nitrogens with one attached hydrogen (secondary N) is 1. The van der Waals surface area contributed by atoms with E-state index in [1.807, 2.05) is 0 Å². The molecule has 0 amide bonds. The lowest BCUT2D eigenvalue weighted by Gasteiger charge is -1.89. The van der Waals surface area contributed by atoms with E-state index in [1.54, 1.807) is 6.92 Å². The summed E-state index contributed by atoms with van der Waals surface area (Å²) in [5.74, 6) is 0. The van der Waals surface area contributed by atoms with Crippen molar-refractivity contribution < 1.29 is 5.11 Å². The third-order valence-corrected chi connectivity index (χ3v) is 0.501. The normalized spacial score (nSPS) is 11.6. The van der Waals surface area contributed by atoms with Crippen LogP contribution in [-0.2, 0) is 0 Å². The van der Waals surface area contributed by atoms with Crippen LogP contribution in [0, 0.1) is 0 Å². The Hall–Kier alpha value is -0.210. The minimum atomic E-state index is -0.0654. The van der Waals surface area contributed by atoms with Crippen LogP contribution in [-0.4, -0.2) is 11.8 Å². The zero-order valence-corrected chi connectivity index (χ0v) is 4.87. The first kappa shape index (κ1) is 6.79. The van der Waals surface area contributed by atoms with Gasteiger partial charge in [-0.05, 0) is 6.92 Å². The van der Waals surface area contributed by atoms with E-state index in [9.17, 15) is 0 Å². The first-order chi connectivity index (χ1) is 3.27. The van der Waals surface area contributed by atoms with Crippen molar-refractivity contribution in [2.45, 2.75) is 6.92 Å². The summed E-state index contributed by atoms with van der Waals surface area (Å²) in [6.45, 7) is 1.66. The highest BCUT2D eigenvalue weighted by Crippen LogP contribution is 1.92. The van der Waals surface area contributed by atoms with E-state index >= 15 is 0 Å². The molecule has 0 aliphatic carbocycles. The van der Waals surface area contributed by atoms with Crippen molar-refractivity contribution in [1.82, 2.24) is 5.32 Å². The molecule has 0 saturated heterocycles. The van der Waals surface area contributed by atoms with Gasteiger partial charge in [-0.1, -0.05) is 11.6 Å². The van der Waals surface area contributed by atoms with Gasteiger partial charge in [-0.3, -0.25) is 0 Å². The van der Waals surface area contributed by atoms with E-state index in [4.69, 9.17) is 16.7 Å².